The molecule has 2 amide bonds. The molecular weight excluding hydrogens is 370 g/mol. The van der Waals surface area contributed by atoms with Crippen molar-refractivity contribution in [1.29, 1.82) is 0 Å². The number of nitrogens with zero attached hydrogens (tertiary/aromatic N) is 2. The third-order valence-corrected chi connectivity index (χ3v) is 5.59. The normalized spacial score (nSPS) is 13.4. The summed E-state index contributed by atoms with van der Waals surface area (Å²) in [6.07, 6.45) is 0. The van der Waals surface area contributed by atoms with Crippen LogP contribution in [-0.4, -0.2) is 59.8 Å². The Bertz CT molecular complexity index is 655. The molecule has 1 aliphatic heterocycles. The van der Waals surface area contributed by atoms with Crippen molar-refractivity contribution in [1.82, 2.24) is 4.90 Å². The summed E-state index contributed by atoms with van der Waals surface area (Å²) < 4.78 is 6.11. The minimum Gasteiger partial charge on any atom is -0.495 e. The van der Waals surface area contributed by atoms with Crippen LogP contribution in [0.1, 0.15) is 0 Å². The Morgan fingerprint density at radius 1 is 1.50 bits per heavy atom. The van der Waals surface area contributed by atoms with E-state index in [1.807, 2.05) is 0 Å². The average molecular weight is 388 g/mol. The van der Waals surface area contributed by atoms with Gasteiger partial charge in [0.1, 0.15) is 10.1 Å². The van der Waals surface area contributed by atoms with Crippen molar-refractivity contribution in [2.24, 2.45) is 4.99 Å². The number of anilines is 1. The van der Waals surface area contributed by atoms with Gasteiger partial charge in [-0.2, -0.15) is 0 Å². The third-order valence-electron chi connectivity index (χ3n) is 3.12. The highest BCUT2D eigenvalue weighted by atomic mass is 35.5. The van der Waals surface area contributed by atoms with Gasteiger partial charge in [-0.05, 0) is 18.2 Å². The molecule has 0 aromatic heterocycles. The first kappa shape index (κ1) is 19.0. The van der Waals surface area contributed by atoms with Crippen molar-refractivity contribution in [3.63, 3.8) is 0 Å². The van der Waals surface area contributed by atoms with Crippen molar-refractivity contribution in [3.05, 3.63) is 23.2 Å². The Hall–Kier alpha value is -1.38. The van der Waals surface area contributed by atoms with Gasteiger partial charge >= 0.3 is 0 Å². The summed E-state index contributed by atoms with van der Waals surface area (Å²) in [7, 11) is 3.11. The molecule has 1 N–H and O–H groups in total. The molecule has 9 heteroatoms. The van der Waals surface area contributed by atoms with Crippen LogP contribution in [0.2, 0.25) is 5.02 Å². The maximum atomic E-state index is 12.1. The van der Waals surface area contributed by atoms with Crippen molar-refractivity contribution >= 4 is 57.0 Å². The zero-order chi connectivity index (χ0) is 17.5. The van der Waals surface area contributed by atoms with Crippen molar-refractivity contribution in [3.8, 4) is 5.75 Å². The summed E-state index contributed by atoms with van der Waals surface area (Å²) in [6, 6.07) is 4.95. The second kappa shape index (κ2) is 9.19. The molecule has 1 aliphatic rings. The molecule has 1 heterocycles. The van der Waals surface area contributed by atoms with E-state index in [4.69, 9.17) is 16.3 Å². The van der Waals surface area contributed by atoms with Crippen LogP contribution >= 0.6 is 35.1 Å². The Kier molecular flexibility index (Phi) is 7.26. The van der Waals surface area contributed by atoms with Crippen LogP contribution in [0.25, 0.3) is 0 Å². The maximum Gasteiger partial charge on any atom is 0.244 e. The molecule has 0 spiro atoms. The van der Waals surface area contributed by atoms with Crippen LogP contribution in [0.5, 0.6) is 5.75 Å². The van der Waals surface area contributed by atoms with E-state index >= 15 is 0 Å². The molecule has 0 bridgehead atoms. The van der Waals surface area contributed by atoms with Crippen molar-refractivity contribution < 1.29 is 14.3 Å². The SMILES string of the molecule is COc1ccc(Cl)cc1NC(=O)CN(C)C(=O)CSC1=NCCS1. The number of carbonyl (C=O) groups is 2. The van der Waals surface area contributed by atoms with Gasteiger partial charge in [0.2, 0.25) is 11.8 Å². The Morgan fingerprint density at radius 2 is 2.29 bits per heavy atom. The molecule has 0 unspecified atom stereocenters. The maximum absolute atomic E-state index is 12.1. The number of nitrogens with one attached hydrogen (secondary N) is 1. The predicted octanol–water partition coefficient (Wildman–Crippen LogP) is 2.58. The van der Waals surface area contributed by atoms with E-state index < -0.39 is 0 Å². The summed E-state index contributed by atoms with van der Waals surface area (Å²) in [5.41, 5.74) is 0.474. The number of benzene rings is 1. The molecule has 0 fully saturated rings. The Morgan fingerprint density at radius 3 is 2.96 bits per heavy atom. The zero-order valence-corrected chi connectivity index (χ0v) is 15.8. The number of ether oxygens (including phenoxy) is 1. The highest BCUT2D eigenvalue weighted by molar-refractivity contribution is 8.39. The number of rotatable bonds is 6. The second-order valence-electron chi connectivity index (χ2n) is 4.93. The molecule has 6 nitrogen and oxygen atoms in total. The first-order valence-corrected chi connectivity index (χ1v) is 9.52. The standard InChI is InChI=1S/C15H18ClN3O3S2/c1-19(14(21)9-24-15-17-5-6-23-15)8-13(20)18-11-7-10(16)3-4-12(11)22-2/h3-4,7H,5-6,8-9H2,1-2H3,(H,18,20). The van der Waals surface area contributed by atoms with E-state index in [1.165, 1.54) is 23.8 Å². The molecule has 1 aromatic carbocycles. The van der Waals surface area contributed by atoms with Gasteiger partial charge in [0.15, 0.2) is 0 Å². The molecule has 1 aromatic rings. The van der Waals surface area contributed by atoms with Crippen LogP contribution < -0.4 is 10.1 Å². The van der Waals surface area contributed by atoms with Gasteiger partial charge < -0.3 is 15.0 Å². The number of hydrogen-bond acceptors (Lipinski definition) is 6. The van der Waals surface area contributed by atoms with Crippen LogP contribution in [0.15, 0.2) is 23.2 Å². The summed E-state index contributed by atoms with van der Waals surface area (Å²) >= 11 is 9.00. The van der Waals surface area contributed by atoms with Gasteiger partial charge in [-0.1, -0.05) is 35.1 Å². The van der Waals surface area contributed by atoms with E-state index in [0.717, 1.165) is 16.7 Å². The fourth-order valence-electron chi connectivity index (χ4n) is 1.91. The van der Waals surface area contributed by atoms with E-state index in [9.17, 15) is 9.59 Å². The van der Waals surface area contributed by atoms with E-state index in [-0.39, 0.29) is 24.1 Å². The van der Waals surface area contributed by atoms with E-state index in [1.54, 1.807) is 37.0 Å². The quantitative estimate of drug-likeness (QED) is 0.812. The molecular formula is C15H18ClN3O3S2. The van der Waals surface area contributed by atoms with Gasteiger partial charge in [-0.3, -0.25) is 14.6 Å². The molecule has 0 saturated carbocycles. The Labute approximate surface area is 154 Å². The lowest BCUT2D eigenvalue weighted by Crippen LogP contribution is -2.36. The van der Waals surface area contributed by atoms with Gasteiger partial charge in [-0.25, -0.2) is 0 Å². The number of thioether (sulfide) groups is 2. The number of carbonyl (C=O) groups excluding carboxylic acids is 2. The number of halogens is 1. The largest absolute Gasteiger partial charge is 0.495 e. The number of hydrogen-bond donors (Lipinski definition) is 1. The number of likely N-dealkylation sites (N-methyl/N-ethyl adjacent to an activating group) is 1. The fourth-order valence-corrected chi connectivity index (χ4v) is 4.03. The molecule has 0 aliphatic carbocycles. The smallest absolute Gasteiger partial charge is 0.244 e. The van der Waals surface area contributed by atoms with Gasteiger partial charge in [0, 0.05) is 17.8 Å². The topological polar surface area (TPSA) is 71.0 Å². The summed E-state index contributed by atoms with van der Waals surface area (Å²) in [4.78, 5) is 29.9. The first-order valence-electron chi connectivity index (χ1n) is 7.17. The highest BCUT2D eigenvalue weighted by Crippen LogP contribution is 2.27. The van der Waals surface area contributed by atoms with Crippen molar-refractivity contribution in [2.75, 3.05) is 44.1 Å². The molecule has 0 atom stereocenters. The number of methoxy groups -OCH3 is 1. The molecule has 24 heavy (non-hydrogen) atoms. The third kappa shape index (κ3) is 5.61. The highest BCUT2D eigenvalue weighted by Gasteiger charge is 2.17. The predicted molar refractivity (Wildman–Crippen MR) is 101 cm³/mol. The summed E-state index contributed by atoms with van der Waals surface area (Å²) in [6.45, 7) is 0.760. The average Bonchev–Trinajstić information content (AvgIpc) is 3.06. The van der Waals surface area contributed by atoms with E-state index in [0.29, 0.717) is 16.5 Å². The van der Waals surface area contributed by atoms with Crippen molar-refractivity contribution in [2.45, 2.75) is 0 Å². The van der Waals surface area contributed by atoms with Gasteiger partial charge in [0.25, 0.3) is 0 Å². The number of amides is 2. The van der Waals surface area contributed by atoms with Crippen LogP contribution in [0.4, 0.5) is 5.69 Å². The molecule has 130 valence electrons. The lowest BCUT2D eigenvalue weighted by Gasteiger charge is -2.17. The van der Waals surface area contributed by atoms with Gasteiger partial charge in [0.05, 0.1) is 31.6 Å². The lowest BCUT2D eigenvalue weighted by molar-refractivity contribution is -0.131. The van der Waals surface area contributed by atoms with E-state index in [2.05, 4.69) is 10.3 Å². The van der Waals surface area contributed by atoms with Crippen LogP contribution in [0.3, 0.4) is 0 Å². The van der Waals surface area contributed by atoms with Gasteiger partial charge in [-0.15, -0.1) is 0 Å². The first-order chi connectivity index (χ1) is 11.5. The summed E-state index contributed by atoms with van der Waals surface area (Å²) in [5.74, 6) is 1.31. The number of aliphatic imine (C=N–C) groups is 1. The minimum atomic E-state index is -0.316. The molecule has 0 saturated heterocycles. The summed E-state index contributed by atoms with van der Waals surface area (Å²) in [5, 5.41) is 3.20. The minimum absolute atomic E-state index is 0.0469. The second-order valence-corrected chi connectivity index (χ2v) is 7.67. The monoisotopic (exact) mass is 387 g/mol. The zero-order valence-electron chi connectivity index (χ0n) is 13.4. The van der Waals surface area contributed by atoms with Crippen LogP contribution in [0, 0.1) is 0 Å². The van der Waals surface area contributed by atoms with Crippen LogP contribution in [-0.2, 0) is 9.59 Å². The lowest BCUT2D eigenvalue weighted by atomic mass is 10.3. The Balaban J connectivity index is 1.84. The molecule has 2 rings (SSSR count). The fraction of sp³-hybridized carbons (Fsp3) is 0.400. The molecule has 0 radical (unpaired) electrons.